The first-order valence-corrected chi connectivity index (χ1v) is 8.48. The maximum atomic E-state index is 12.6. The standard InChI is InChI=1S/C14H23N3O2S/c1-3-16-7-9-17(10-8-16)20(18,19)14-6-4-5-13(11-14)12-15-2/h4-6,11,15H,3,7-10,12H2,1-2H3. The molecule has 6 heteroatoms. The van der Waals surface area contributed by atoms with Crippen LogP contribution in [0.1, 0.15) is 12.5 Å². The van der Waals surface area contributed by atoms with Crippen molar-refractivity contribution in [1.29, 1.82) is 0 Å². The van der Waals surface area contributed by atoms with E-state index in [0.29, 0.717) is 24.5 Å². The summed E-state index contributed by atoms with van der Waals surface area (Å²) >= 11 is 0. The lowest BCUT2D eigenvalue weighted by atomic mass is 10.2. The average Bonchev–Trinajstić information content (AvgIpc) is 2.48. The summed E-state index contributed by atoms with van der Waals surface area (Å²) in [6, 6.07) is 7.19. The van der Waals surface area contributed by atoms with Crippen molar-refractivity contribution in [3.05, 3.63) is 29.8 Å². The molecular weight excluding hydrogens is 274 g/mol. The fraction of sp³-hybridized carbons (Fsp3) is 0.571. The lowest BCUT2D eigenvalue weighted by Crippen LogP contribution is -2.48. The Morgan fingerprint density at radius 3 is 2.50 bits per heavy atom. The lowest BCUT2D eigenvalue weighted by Gasteiger charge is -2.33. The Hall–Kier alpha value is -0.950. The molecule has 1 N–H and O–H groups in total. The van der Waals surface area contributed by atoms with Gasteiger partial charge in [-0.1, -0.05) is 19.1 Å². The SMILES string of the molecule is CCN1CCN(S(=O)(=O)c2cccc(CNC)c2)CC1. The number of nitrogens with zero attached hydrogens (tertiary/aromatic N) is 2. The predicted molar refractivity (Wildman–Crippen MR) is 80.1 cm³/mol. The van der Waals surface area contributed by atoms with Gasteiger partial charge in [0.05, 0.1) is 4.90 Å². The normalized spacial score (nSPS) is 18.3. The van der Waals surface area contributed by atoms with E-state index in [9.17, 15) is 8.42 Å². The molecule has 1 aliphatic heterocycles. The van der Waals surface area contributed by atoms with Gasteiger partial charge in [-0.3, -0.25) is 0 Å². The number of rotatable bonds is 5. The number of likely N-dealkylation sites (N-methyl/N-ethyl adjacent to an activating group) is 1. The van der Waals surface area contributed by atoms with Crippen molar-refractivity contribution in [2.45, 2.75) is 18.4 Å². The highest BCUT2D eigenvalue weighted by Crippen LogP contribution is 2.18. The molecule has 1 heterocycles. The highest BCUT2D eigenvalue weighted by molar-refractivity contribution is 7.89. The van der Waals surface area contributed by atoms with E-state index in [-0.39, 0.29) is 0 Å². The van der Waals surface area contributed by atoms with Gasteiger partial charge in [-0.2, -0.15) is 4.31 Å². The minimum absolute atomic E-state index is 0.398. The maximum absolute atomic E-state index is 12.6. The minimum atomic E-state index is -3.36. The molecule has 112 valence electrons. The molecule has 0 saturated carbocycles. The topological polar surface area (TPSA) is 52.7 Å². The number of piperazine rings is 1. The maximum Gasteiger partial charge on any atom is 0.243 e. The van der Waals surface area contributed by atoms with Crippen LogP contribution in [0.5, 0.6) is 0 Å². The Balaban J connectivity index is 2.16. The van der Waals surface area contributed by atoms with Crippen molar-refractivity contribution < 1.29 is 8.42 Å². The van der Waals surface area contributed by atoms with Crippen LogP contribution in [0.25, 0.3) is 0 Å². The molecule has 0 radical (unpaired) electrons. The minimum Gasteiger partial charge on any atom is -0.316 e. The number of benzene rings is 1. The number of nitrogens with one attached hydrogen (secondary N) is 1. The zero-order valence-electron chi connectivity index (χ0n) is 12.2. The van der Waals surface area contributed by atoms with Crippen molar-refractivity contribution in [2.75, 3.05) is 39.8 Å². The van der Waals surface area contributed by atoms with Gasteiger partial charge in [-0.05, 0) is 31.3 Å². The summed E-state index contributed by atoms with van der Waals surface area (Å²) in [6.07, 6.45) is 0. The van der Waals surface area contributed by atoms with Gasteiger partial charge in [0.15, 0.2) is 0 Å². The van der Waals surface area contributed by atoms with Gasteiger partial charge in [0.1, 0.15) is 0 Å². The summed E-state index contributed by atoms with van der Waals surface area (Å²) in [7, 11) is -1.50. The Bertz CT molecular complexity index is 537. The molecule has 0 unspecified atom stereocenters. The second-order valence-corrected chi connectivity index (χ2v) is 6.95. The van der Waals surface area contributed by atoms with Crippen LogP contribution in [0.2, 0.25) is 0 Å². The number of hydrogen-bond donors (Lipinski definition) is 1. The van der Waals surface area contributed by atoms with Gasteiger partial charge in [-0.15, -0.1) is 0 Å². The van der Waals surface area contributed by atoms with Crippen LogP contribution in [-0.4, -0.2) is 57.4 Å². The predicted octanol–water partition coefficient (Wildman–Crippen LogP) is 0.732. The van der Waals surface area contributed by atoms with Crippen molar-refractivity contribution in [3.8, 4) is 0 Å². The van der Waals surface area contributed by atoms with Gasteiger partial charge >= 0.3 is 0 Å². The molecule has 1 saturated heterocycles. The summed E-state index contributed by atoms with van der Waals surface area (Å²) in [5.74, 6) is 0. The highest BCUT2D eigenvalue weighted by atomic mass is 32.2. The smallest absolute Gasteiger partial charge is 0.243 e. The summed E-state index contributed by atoms with van der Waals surface area (Å²) in [5, 5.41) is 3.04. The van der Waals surface area contributed by atoms with Crippen LogP contribution in [0.3, 0.4) is 0 Å². The molecule has 0 spiro atoms. The molecule has 20 heavy (non-hydrogen) atoms. The molecule has 5 nitrogen and oxygen atoms in total. The fourth-order valence-electron chi connectivity index (χ4n) is 2.46. The molecule has 1 aromatic carbocycles. The first-order valence-electron chi connectivity index (χ1n) is 7.04. The fourth-order valence-corrected chi connectivity index (χ4v) is 3.95. The van der Waals surface area contributed by atoms with Crippen LogP contribution in [0.15, 0.2) is 29.2 Å². The van der Waals surface area contributed by atoms with Crippen LogP contribution in [-0.2, 0) is 16.6 Å². The van der Waals surface area contributed by atoms with E-state index in [1.54, 1.807) is 16.4 Å². The zero-order chi connectivity index (χ0) is 14.6. The van der Waals surface area contributed by atoms with Gasteiger partial charge in [0, 0.05) is 32.7 Å². The van der Waals surface area contributed by atoms with E-state index in [4.69, 9.17) is 0 Å². The summed E-state index contributed by atoms with van der Waals surface area (Å²) in [6.45, 7) is 6.53. The van der Waals surface area contributed by atoms with Crippen molar-refractivity contribution in [3.63, 3.8) is 0 Å². The highest BCUT2D eigenvalue weighted by Gasteiger charge is 2.27. The third-order valence-corrected chi connectivity index (χ3v) is 5.59. The van der Waals surface area contributed by atoms with Gasteiger partial charge in [-0.25, -0.2) is 8.42 Å². The lowest BCUT2D eigenvalue weighted by molar-refractivity contribution is 0.196. The first kappa shape index (κ1) is 15.4. The molecular formula is C14H23N3O2S. The Morgan fingerprint density at radius 1 is 1.20 bits per heavy atom. The van der Waals surface area contributed by atoms with Crippen LogP contribution >= 0.6 is 0 Å². The molecule has 2 rings (SSSR count). The molecule has 0 bridgehead atoms. The van der Waals surface area contributed by atoms with E-state index in [1.165, 1.54) is 0 Å². The van der Waals surface area contributed by atoms with Crippen molar-refractivity contribution in [1.82, 2.24) is 14.5 Å². The van der Waals surface area contributed by atoms with Crippen LogP contribution in [0.4, 0.5) is 0 Å². The largest absolute Gasteiger partial charge is 0.316 e. The first-order chi connectivity index (χ1) is 9.57. The van der Waals surface area contributed by atoms with Gasteiger partial charge in [0.2, 0.25) is 10.0 Å². The monoisotopic (exact) mass is 297 g/mol. The third-order valence-electron chi connectivity index (χ3n) is 3.70. The van der Waals surface area contributed by atoms with Gasteiger partial charge in [0.25, 0.3) is 0 Å². The van der Waals surface area contributed by atoms with Crippen LogP contribution < -0.4 is 5.32 Å². The molecule has 0 aromatic heterocycles. The average molecular weight is 297 g/mol. The van der Waals surface area contributed by atoms with Crippen molar-refractivity contribution in [2.24, 2.45) is 0 Å². The summed E-state index contributed by atoms with van der Waals surface area (Å²) in [5.41, 5.74) is 0.987. The molecule has 1 aliphatic rings. The Kier molecular flexibility index (Phi) is 5.15. The van der Waals surface area contributed by atoms with E-state index < -0.39 is 10.0 Å². The van der Waals surface area contributed by atoms with Crippen LogP contribution in [0, 0.1) is 0 Å². The molecule has 0 atom stereocenters. The number of sulfonamides is 1. The zero-order valence-corrected chi connectivity index (χ0v) is 13.0. The Labute approximate surface area is 121 Å². The summed E-state index contributed by atoms with van der Waals surface area (Å²) in [4.78, 5) is 2.67. The third kappa shape index (κ3) is 3.38. The van der Waals surface area contributed by atoms with E-state index in [1.807, 2.05) is 19.2 Å². The van der Waals surface area contributed by atoms with Crippen molar-refractivity contribution >= 4 is 10.0 Å². The summed E-state index contributed by atoms with van der Waals surface area (Å²) < 4.78 is 26.8. The molecule has 0 amide bonds. The van der Waals surface area contributed by atoms with E-state index in [2.05, 4.69) is 17.1 Å². The molecule has 0 aliphatic carbocycles. The molecule has 1 fully saturated rings. The van der Waals surface area contributed by atoms with E-state index in [0.717, 1.165) is 25.2 Å². The quantitative estimate of drug-likeness (QED) is 0.871. The number of hydrogen-bond acceptors (Lipinski definition) is 4. The van der Waals surface area contributed by atoms with E-state index >= 15 is 0 Å². The molecule has 1 aromatic rings. The second-order valence-electron chi connectivity index (χ2n) is 5.02. The van der Waals surface area contributed by atoms with Gasteiger partial charge < -0.3 is 10.2 Å². The Morgan fingerprint density at radius 2 is 1.90 bits per heavy atom. The second kappa shape index (κ2) is 6.67.